The molecule has 0 aliphatic carbocycles. The number of methoxy groups -OCH3 is 1. The topological polar surface area (TPSA) is 66.8 Å². The van der Waals surface area contributed by atoms with Crippen molar-refractivity contribution in [1.29, 1.82) is 0 Å². The molecule has 1 aliphatic heterocycles. The number of aromatic hydroxyl groups is 1. The number of carbonyl (C=O) groups is 2. The maximum atomic E-state index is 13.1. The second-order valence-corrected chi connectivity index (χ2v) is 6.63. The van der Waals surface area contributed by atoms with E-state index in [1.165, 1.54) is 24.1 Å². The zero-order chi connectivity index (χ0) is 18.8. The normalized spacial score (nSPS) is 15.7. The summed E-state index contributed by atoms with van der Waals surface area (Å²) in [7, 11) is 1.29. The van der Waals surface area contributed by atoms with Gasteiger partial charge in [0, 0.05) is 15.9 Å². The third kappa shape index (κ3) is 3.28. The van der Waals surface area contributed by atoms with Crippen molar-refractivity contribution in [3.05, 3.63) is 75.4 Å². The molecule has 0 fully saturated rings. The lowest BCUT2D eigenvalue weighted by Gasteiger charge is -2.18. The van der Waals surface area contributed by atoms with Crippen molar-refractivity contribution >= 4 is 39.6 Å². The minimum absolute atomic E-state index is 0.126. The molecule has 2 aromatic carbocycles. The van der Waals surface area contributed by atoms with E-state index in [1.54, 1.807) is 37.3 Å². The van der Waals surface area contributed by atoms with Crippen molar-refractivity contribution in [3.8, 4) is 5.75 Å². The van der Waals surface area contributed by atoms with Gasteiger partial charge < -0.3 is 9.84 Å². The molecule has 1 aliphatic rings. The summed E-state index contributed by atoms with van der Waals surface area (Å²) in [4.78, 5) is 26.8. The van der Waals surface area contributed by atoms with Gasteiger partial charge in [-0.25, -0.2) is 4.79 Å². The molecule has 6 heteroatoms. The van der Waals surface area contributed by atoms with Crippen molar-refractivity contribution in [3.63, 3.8) is 0 Å². The van der Waals surface area contributed by atoms with Crippen molar-refractivity contribution in [2.45, 2.75) is 6.92 Å². The zero-order valence-electron chi connectivity index (χ0n) is 14.2. The van der Waals surface area contributed by atoms with E-state index in [1.807, 2.05) is 12.1 Å². The summed E-state index contributed by atoms with van der Waals surface area (Å²) in [6.07, 6.45) is 1.62. The van der Waals surface area contributed by atoms with Gasteiger partial charge in [0.1, 0.15) is 5.75 Å². The number of allylic oxidation sites excluding steroid dienone is 1. The van der Waals surface area contributed by atoms with Crippen LogP contribution in [0.4, 0.5) is 5.69 Å². The van der Waals surface area contributed by atoms with Crippen molar-refractivity contribution in [2.24, 2.45) is 0 Å². The Morgan fingerprint density at radius 2 is 1.73 bits per heavy atom. The van der Waals surface area contributed by atoms with E-state index in [0.717, 1.165) is 4.47 Å². The minimum atomic E-state index is -0.569. The van der Waals surface area contributed by atoms with E-state index >= 15 is 0 Å². The number of halogens is 1. The Labute approximate surface area is 159 Å². The highest BCUT2D eigenvalue weighted by Gasteiger charge is 2.37. The monoisotopic (exact) mass is 413 g/mol. The van der Waals surface area contributed by atoms with Crippen molar-refractivity contribution in [1.82, 2.24) is 0 Å². The van der Waals surface area contributed by atoms with Crippen LogP contribution in [-0.2, 0) is 14.3 Å². The number of rotatable bonds is 3. The number of anilines is 1. The molecule has 0 spiro atoms. The number of hydrogen-bond acceptors (Lipinski definition) is 4. The highest BCUT2D eigenvalue weighted by Crippen LogP contribution is 2.35. The Hall–Kier alpha value is -2.86. The number of amides is 1. The summed E-state index contributed by atoms with van der Waals surface area (Å²) in [6, 6.07) is 13.6. The zero-order valence-corrected chi connectivity index (χ0v) is 15.8. The Balaban J connectivity index is 2.12. The average Bonchev–Trinajstić information content (AvgIpc) is 2.87. The molecule has 0 radical (unpaired) electrons. The maximum absolute atomic E-state index is 13.1. The first kappa shape index (κ1) is 17.9. The Kier molecular flexibility index (Phi) is 4.95. The first-order valence-corrected chi connectivity index (χ1v) is 8.62. The van der Waals surface area contributed by atoms with Gasteiger partial charge in [-0.1, -0.05) is 28.1 Å². The highest BCUT2D eigenvalue weighted by molar-refractivity contribution is 9.10. The van der Waals surface area contributed by atoms with Crippen LogP contribution in [0, 0.1) is 0 Å². The Morgan fingerprint density at radius 3 is 2.31 bits per heavy atom. The molecule has 26 heavy (non-hydrogen) atoms. The number of esters is 1. The molecular weight excluding hydrogens is 398 g/mol. The molecule has 1 amide bonds. The fourth-order valence-electron chi connectivity index (χ4n) is 2.82. The maximum Gasteiger partial charge on any atom is 0.340 e. The lowest BCUT2D eigenvalue weighted by atomic mass is 10.0. The first-order valence-electron chi connectivity index (χ1n) is 7.82. The van der Waals surface area contributed by atoms with E-state index < -0.39 is 5.97 Å². The second-order valence-electron chi connectivity index (χ2n) is 5.72. The number of benzene rings is 2. The lowest BCUT2D eigenvalue weighted by Crippen LogP contribution is -2.24. The largest absolute Gasteiger partial charge is 0.508 e. The summed E-state index contributed by atoms with van der Waals surface area (Å²) in [5.74, 6) is -0.750. The van der Waals surface area contributed by atoms with E-state index in [0.29, 0.717) is 16.9 Å². The summed E-state index contributed by atoms with van der Waals surface area (Å²) in [5.41, 5.74) is 2.34. The molecule has 0 aromatic heterocycles. The fourth-order valence-corrected chi connectivity index (χ4v) is 3.08. The van der Waals surface area contributed by atoms with Gasteiger partial charge >= 0.3 is 5.97 Å². The molecule has 132 valence electrons. The molecule has 0 saturated heterocycles. The Bertz CT molecular complexity index is 927. The summed E-state index contributed by atoms with van der Waals surface area (Å²) in [6.45, 7) is 1.71. The molecule has 0 bridgehead atoms. The van der Waals surface area contributed by atoms with Crippen molar-refractivity contribution in [2.75, 3.05) is 12.0 Å². The van der Waals surface area contributed by atoms with Crippen LogP contribution in [0.2, 0.25) is 0 Å². The lowest BCUT2D eigenvalue weighted by molar-refractivity contribution is -0.136. The van der Waals surface area contributed by atoms with E-state index in [9.17, 15) is 14.7 Å². The molecular formula is C20H16BrNO4. The van der Waals surface area contributed by atoms with Gasteiger partial charge in [0.25, 0.3) is 5.91 Å². The molecule has 1 N–H and O–H groups in total. The molecule has 0 unspecified atom stereocenters. The van der Waals surface area contributed by atoms with Gasteiger partial charge in [-0.2, -0.15) is 0 Å². The molecule has 5 nitrogen and oxygen atoms in total. The number of phenolic OH excluding ortho intramolecular Hbond substituents is 1. The molecule has 3 rings (SSSR count). The SMILES string of the molecule is COC(=O)C1=C(C)N(c2ccc(Br)cc2)C(=O)C1=Cc1ccc(O)cc1. The van der Waals surface area contributed by atoms with Crippen LogP contribution < -0.4 is 4.90 Å². The predicted molar refractivity (Wildman–Crippen MR) is 102 cm³/mol. The number of phenols is 1. The quantitative estimate of drug-likeness (QED) is 0.609. The second kappa shape index (κ2) is 7.17. The van der Waals surface area contributed by atoms with Crippen LogP contribution in [0.5, 0.6) is 5.75 Å². The molecule has 0 atom stereocenters. The summed E-state index contributed by atoms with van der Waals surface area (Å²) >= 11 is 3.37. The third-order valence-corrected chi connectivity index (χ3v) is 4.61. The van der Waals surface area contributed by atoms with Crippen LogP contribution >= 0.6 is 15.9 Å². The van der Waals surface area contributed by atoms with E-state index in [-0.39, 0.29) is 22.8 Å². The highest BCUT2D eigenvalue weighted by atomic mass is 79.9. The van der Waals surface area contributed by atoms with Crippen LogP contribution in [0.25, 0.3) is 6.08 Å². The first-order chi connectivity index (χ1) is 12.4. The van der Waals surface area contributed by atoms with Crippen LogP contribution in [0.3, 0.4) is 0 Å². The number of nitrogens with zero attached hydrogens (tertiary/aromatic N) is 1. The van der Waals surface area contributed by atoms with Gasteiger partial charge in [0.15, 0.2) is 0 Å². The third-order valence-electron chi connectivity index (χ3n) is 4.08. The molecule has 1 heterocycles. The summed E-state index contributed by atoms with van der Waals surface area (Å²) in [5, 5.41) is 9.42. The van der Waals surface area contributed by atoms with Crippen molar-refractivity contribution < 1.29 is 19.4 Å². The van der Waals surface area contributed by atoms with Crippen LogP contribution in [0.1, 0.15) is 12.5 Å². The van der Waals surface area contributed by atoms with E-state index in [4.69, 9.17) is 4.74 Å². The van der Waals surface area contributed by atoms with Gasteiger partial charge in [0.2, 0.25) is 0 Å². The van der Waals surface area contributed by atoms with Gasteiger partial charge in [-0.3, -0.25) is 9.69 Å². The fraction of sp³-hybridized carbons (Fsp3) is 0.100. The number of carbonyl (C=O) groups excluding carboxylic acids is 2. The molecule has 0 saturated carbocycles. The van der Waals surface area contributed by atoms with Crippen LogP contribution in [0.15, 0.2) is 69.8 Å². The van der Waals surface area contributed by atoms with Crippen LogP contribution in [-0.4, -0.2) is 24.1 Å². The van der Waals surface area contributed by atoms with Gasteiger partial charge in [-0.15, -0.1) is 0 Å². The standard InChI is InChI=1S/C20H16BrNO4/c1-12-18(20(25)26-2)17(11-13-3-9-16(23)10-4-13)19(24)22(12)15-7-5-14(21)6-8-15/h3-11,23H,1-2H3. The summed E-state index contributed by atoms with van der Waals surface area (Å²) < 4.78 is 5.77. The minimum Gasteiger partial charge on any atom is -0.508 e. The average molecular weight is 414 g/mol. The van der Waals surface area contributed by atoms with E-state index in [2.05, 4.69) is 15.9 Å². The molecule has 2 aromatic rings. The predicted octanol–water partition coefficient (Wildman–Crippen LogP) is 4.03. The Morgan fingerprint density at radius 1 is 1.12 bits per heavy atom. The number of ether oxygens (including phenoxy) is 1. The number of hydrogen-bond donors (Lipinski definition) is 1. The van der Waals surface area contributed by atoms with Gasteiger partial charge in [-0.05, 0) is 55.0 Å². The smallest absolute Gasteiger partial charge is 0.340 e. The van der Waals surface area contributed by atoms with Gasteiger partial charge in [0.05, 0.1) is 18.3 Å².